The van der Waals surface area contributed by atoms with Gasteiger partial charge in [-0.25, -0.2) is 4.98 Å². The fourth-order valence-electron chi connectivity index (χ4n) is 1.42. The molecule has 1 aromatic heterocycles. The van der Waals surface area contributed by atoms with Crippen molar-refractivity contribution in [2.75, 3.05) is 29.6 Å². The molecule has 1 heterocycles. The number of nitrogens with zero attached hydrogens (tertiary/aromatic N) is 1. The minimum Gasteiger partial charge on any atom is -0.397 e. The molecule has 94 valence electrons. The predicted molar refractivity (Wildman–Crippen MR) is 73.2 cm³/mol. The largest absolute Gasteiger partial charge is 0.397 e. The average molecular weight is 254 g/mol. The summed E-state index contributed by atoms with van der Waals surface area (Å²) in [6, 6.07) is 1.54. The summed E-state index contributed by atoms with van der Waals surface area (Å²) in [7, 11) is 0. The maximum atomic E-state index is 11.2. The number of thioether (sulfide) groups is 1. The van der Waals surface area contributed by atoms with Gasteiger partial charge in [0.25, 0.3) is 5.91 Å². The molecule has 0 aliphatic heterocycles. The Morgan fingerprint density at radius 3 is 2.94 bits per heavy atom. The summed E-state index contributed by atoms with van der Waals surface area (Å²) in [5.74, 6) is 1.52. The molecule has 0 aromatic carbocycles. The Bertz CT molecular complexity index is 397. The van der Waals surface area contributed by atoms with Crippen molar-refractivity contribution in [2.24, 2.45) is 11.7 Å². The lowest BCUT2D eigenvalue weighted by Crippen LogP contribution is -2.19. The van der Waals surface area contributed by atoms with Crippen LogP contribution in [0.3, 0.4) is 0 Å². The van der Waals surface area contributed by atoms with E-state index in [1.807, 2.05) is 0 Å². The fourth-order valence-corrected chi connectivity index (χ4v) is 2.11. The van der Waals surface area contributed by atoms with Crippen LogP contribution in [-0.2, 0) is 0 Å². The molecule has 1 rings (SSSR count). The van der Waals surface area contributed by atoms with Gasteiger partial charge < -0.3 is 16.8 Å². The maximum Gasteiger partial charge on any atom is 0.252 e. The van der Waals surface area contributed by atoms with Crippen molar-refractivity contribution < 1.29 is 4.79 Å². The average Bonchev–Trinajstić information content (AvgIpc) is 2.27. The Hall–Kier alpha value is -1.43. The Morgan fingerprint density at radius 2 is 2.35 bits per heavy atom. The van der Waals surface area contributed by atoms with Gasteiger partial charge in [0.05, 0.1) is 17.4 Å². The molecule has 1 aromatic rings. The van der Waals surface area contributed by atoms with Gasteiger partial charge in [-0.15, -0.1) is 0 Å². The first-order valence-electron chi connectivity index (χ1n) is 5.32. The highest BCUT2D eigenvalue weighted by Crippen LogP contribution is 2.15. The number of nitrogen functional groups attached to an aromatic ring is 1. The molecule has 6 heteroatoms. The molecule has 0 aliphatic carbocycles. The van der Waals surface area contributed by atoms with Gasteiger partial charge in [-0.1, -0.05) is 6.92 Å². The van der Waals surface area contributed by atoms with E-state index in [2.05, 4.69) is 23.5 Å². The van der Waals surface area contributed by atoms with E-state index in [1.165, 1.54) is 12.3 Å². The van der Waals surface area contributed by atoms with Crippen molar-refractivity contribution in [2.45, 2.75) is 6.92 Å². The monoisotopic (exact) mass is 254 g/mol. The predicted octanol–water partition coefficient (Wildman–Crippen LogP) is 1.17. The molecule has 0 spiro atoms. The maximum absolute atomic E-state index is 11.2. The van der Waals surface area contributed by atoms with Crippen LogP contribution in [-0.4, -0.2) is 29.4 Å². The second-order valence-corrected chi connectivity index (χ2v) is 4.88. The van der Waals surface area contributed by atoms with Gasteiger partial charge in [-0.2, -0.15) is 11.8 Å². The van der Waals surface area contributed by atoms with Gasteiger partial charge in [0.1, 0.15) is 5.82 Å². The molecular weight excluding hydrogens is 236 g/mol. The van der Waals surface area contributed by atoms with Crippen LogP contribution in [0.25, 0.3) is 0 Å². The number of primary amides is 1. The number of aromatic nitrogens is 1. The molecule has 1 unspecified atom stereocenters. The highest BCUT2D eigenvalue weighted by Gasteiger charge is 2.11. The summed E-state index contributed by atoms with van der Waals surface area (Å²) in [6.07, 6.45) is 3.57. The van der Waals surface area contributed by atoms with Crippen molar-refractivity contribution in [3.8, 4) is 0 Å². The third kappa shape index (κ3) is 4.14. The van der Waals surface area contributed by atoms with Crippen molar-refractivity contribution >= 4 is 29.2 Å². The van der Waals surface area contributed by atoms with Crippen LogP contribution in [0.2, 0.25) is 0 Å². The summed E-state index contributed by atoms with van der Waals surface area (Å²) in [5.41, 5.74) is 11.6. The summed E-state index contributed by atoms with van der Waals surface area (Å²) in [4.78, 5) is 15.3. The molecule has 0 fully saturated rings. The molecule has 0 aliphatic rings. The summed E-state index contributed by atoms with van der Waals surface area (Å²) in [5, 5.41) is 3.13. The van der Waals surface area contributed by atoms with Crippen LogP contribution in [0.1, 0.15) is 17.3 Å². The molecule has 5 nitrogen and oxygen atoms in total. The summed E-state index contributed by atoms with van der Waals surface area (Å²) < 4.78 is 0. The van der Waals surface area contributed by atoms with E-state index < -0.39 is 5.91 Å². The van der Waals surface area contributed by atoms with Gasteiger partial charge in [0, 0.05) is 6.54 Å². The molecular formula is C11H18N4OS. The molecule has 0 bridgehead atoms. The van der Waals surface area contributed by atoms with E-state index in [9.17, 15) is 4.79 Å². The SMILES string of the molecule is CSCC(C)CNc1ncc(N)cc1C(N)=O. The Kier molecular flexibility index (Phi) is 5.09. The number of rotatable bonds is 6. The number of hydrogen-bond acceptors (Lipinski definition) is 5. The van der Waals surface area contributed by atoms with Gasteiger partial charge >= 0.3 is 0 Å². The minimum absolute atomic E-state index is 0.335. The Morgan fingerprint density at radius 1 is 1.65 bits per heavy atom. The van der Waals surface area contributed by atoms with Crippen molar-refractivity contribution in [1.29, 1.82) is 0 Å². The van der Waals surface area contributed by atoms with E-state index in [0.717, 1.165) is 12.3 Å². The van der Waals surface area contributed by atoms with Gasteiger partial charge in [0.15, 0.2) is 0 Å². The summed E-state index contributed by atoms with van der Waals surface area (Å²) in [6.45, 7) is 2.88. The first kappa shape index (κ1) is 13.6. The second-order valence-electron chi connectivity index (χ2n) is 3.97. The first-order chi connectivity index (χ1) is 8.04. The van der Waals surface area contributed by atoms with Crippen LogP contribution < -0.4 is 16.8 Å². The van der Waals surface area contributed by atoms with Crippen LogP contribution in [0.15, 0.2) is 12.3 Å². The van der Waals surface area contributed by atoms with Gasteiger partial charge in [0.2, 0.25) is 0 Å². The molecule has 1 amide bonds. The third-order valence-electron chi connectivity index (χ3n) is 2.24. The number of amides is 1. The quantitative estimate of drug-likeness (QED) is 0.708. The number of anilines is 2. The molecule has 0 saturated heterocycles. The van der Waals surface area contributed by atoms with E-state index in [0.29, 0.717) is 23.0 Å². The number of pyridine rings is 1. The van der Waals surface area contributed by atoms with Crippen LogP contribution >= 0.6 is 11.8 Å². The smallest absolute Gasteiger partial charge is 0.252 e. The lowest BCUT2D eigenvalue weighted by atomic mass is 10.2. The Labute approximate surface area is 105 Å². The molecule has 0 saturated carbocycles. The lowest BCUT2D eigenvalue weighted by Gasteiger charge is -2.13. The highest BCUT2D eigenvalue weighted by molar-refractivity contribution is 7.98. The lowest BCUT2D eigenvalue weighted by molar-refractivity contribution is 0.100. The van der Waals surface area contributed by atoms with Gasteiger partial charge in [-0.3, -0.25) is 4.79 Å². The zero-order valence-electron chi connectivity index (χ0n) is 10.1. The van der Waals surface area contributed by atoms with Crippen molar-refractivity contribution in [1.82, 2.24) is 4.98 Å². The van der Waals surface area contributed by atoms with Crippen LogP contribution in [0.4, 0.5) is 11.5 Å². The second kappa shape index (κ2) is 6.34. The number of carbonyl (C=O) groups is 1. The van der Waals surface area contributed by atoms with E-state index >= 15 is 0 Å². The van der Waals surface area contributed by atoms with Crippen LogP contribution in [0.5, 0.6) is 0 Å². The molecule has 0 radical (unpaired) electrons. The third-order valence-corrected chi connectivity index (χ3v) is 3.15. The number of hydrogen-bond donors (Lipinski definition) is 3. The van der Waals surface area contributed by atoms with Gasteiger partial charge in [-0.05, 0) is 24.0 Å². The van der Waals surface area contributed by atoms with Crippen molar-refractivity contribution in [3.63, 3.8) is 0 Å². The zero-order valence-corrected chi connectivity index (χ0v) is 10.9. The fraction of sp³-hybridized carbons (Fsp3) is 0.455. The molecule has 17 heavy (non-hydrogen) atoms. The molecule has 1 atom stereocenters. The summed E-state index contributed by atoms with van der Waals surface area (Å²) >= 11 is 1.79. The van der Waals surface area contributed by atoms with E-state index in [4.69, 9.17) is 11.5 Å². The topological polar surface area (TPSA) is 94.0 Å². The first-order valence-corrected chi connectivity index (χ1v) is 6.72. The van der Waals surface area contributed by atoms with Crippen molar-refractivity contribution in [3.05, 3.63) is 17.8 Å². The standard InChI is InChI=1S/C11H18N4OS/c1-7(6-17-2)4-14-11-9(10(13)16)3-8(12)5-15-11/h3,5,7H,4,6,12H2,1-2H3,(H2,13,16)(H,14,15). The highest BCUT2D eigenvalue weighted by atomic mass is 32.2. The number of nitrogens with two attached hydrogens (primary N) is 2. The minimum atomic E-state index is -0.523. The molecule has 5 N–H and O–H groups in total. The van der Waals surface area contributed by atoms with E-state index in [1.54, 1.807) is 11.8 Å². The Balaban J connectivity index is 2.73. The van der Waals surface area contributed by atoms with Crippen LogP contribution in [0, 0.1) is 5.92 Å². The number of nitrogens with one attached hydrogen (secondary N) is 1. The normalized spacial score (nSPS) is 12.1. The number of carbonyl (C=O) groups excluding carboxylic acids is 1. The van der Waals surface area contributed by atoms with E-state index in [-0.39, 0.29) is 0 Å². The zero-order chi connectivity index (χ0) is 12.8.